The maximum Gasteiger partial charge on any atom is 0.213 e. The topological polar surface area (TPSA) is 39.4 Å². The van der Waals surface area contributed by atoms with Gasteiger partial charge in [-0.15, -0.1) is 0 Å². The number of aromatic nitrogens is 3. The van der Waals surface area contributed by atoms with Gasteiger partial charge < -0.3 is 4.74 Å². The largest absolute Gasteiger partial charge is 0.481 e. The Morgan fingerprint density at radius 3 is 2.62 bits per heavy atom. The van der Waals surface area contributed by atoms with Crippen LogP contribution >= 0.6 is 0 Å². The number of fused-ring (bicyclic) bond motifs is 1. The summed E-state index contributed by atoms with van der Waals surface area (Å²) in [6, 6.07) is 8.13. The van der Waals surface area contributed by atoms with E-state index in [1.807, 2.05) is 29.0 Å². The Kier molecular flexibility index (Phi) is 3.16. The molecule has 108 valence electrons. The second-order valence-corrected chi connectivity index (χ2v) is 6.14. The molecule has 0 bridgehead atoms. The van der Waals surface area contributed by atoms with Gasteiger partial charge in [0.1, 0.15) is 0 Å². The van der Waals surface area contributed by atoms with E-state index in [9.17, 15) is 0 Å². The standard InChI is InChI=1S/C17H19N3O/c1-17(2,3)14-10-19-20-11-13(5-6-15(14)20)12-7-8-18-16(9-12)21-4/h5-11H,1-4H3. The first-order valence-electron chi connectivity index (χ1n) is 6.97. The van der Waals surface area contributed by atoms with Crippen LogP contribution in [0.1, 0.15) is 26.3 Å². The van der Waals surface area contributed by atoms with Gasteiger partial charge in [-0.3, -0.25) is 0 Å². The number of methoxy groups -OCH3 is 1. The van der Waals surface area contributed by atoms with E-state index in [4.69, 9.17) is 4.74 Å². The lowest BCUT2D eigenvalue weighted by Gasteiger charge is -2.16. The van der Waals surface area contributed by atoms with E-state index in [0.29, 0.717) is 5.88 Å². The van der Waals surface area contributed by atoms with Crippen molar-refractivity contribution < 1.29 is 4.74 Å². The van der Waals surface area contributed by atoms with Crippen LogP contribution in [0.5, 0.6) is 5.88 Å². The summed E-state index contributed by atoms with van der Waals surface area (Å²) in [5, 5.41) is 4.48. The fourth-order valence-corrected chi connectivity index (χ4v) is 2.43. The molecular formula is C17H19N3O. The van der Waals surface area contributed by atoms with Gasteiger partial charge >= 0.3 is 0 Å². The first-order valence-corrected chi connectivity index (χ1v) is 6.97. The summed E-state index contributed by atoms with van der Waals surface area (Å²) in [4.78, 5) is 4.14. The van der Waals surface area contributed by atoms with Crippen LogP contribution < -0.4 is 4.74 Å². The van der Waals surface area contributed by atoms with E-state index in [1.54, 1.807) is 13.3 Å². The highest BCUT2D eigenvalue weighted by Gasteiger charge is 2.18. The van der Waals surface area contributed by atoms with Crippen LogP contribution in [0.15, 0.2) is 42.9 Å². The molecule has 0 aromatic carbocycles. The fraction of sp³-hybridized carbons (Fsp3) is 0.294. The average molecular weight is 281 g/mol. The number of hydrogen-bond acceptors (Lipinski definition) is 3. The summed E-state index contributed by atoms with van der Waals surface area (Å²) in [5.41, 5.74) is 4.64. The number of pyridine rings is 2. The molecule has 3 heterocycles. The zero-order valence-corrected chi connectivity index (χ0v) is 12.8. The van der Waals surface area contributed by atoms with Gasteiger partial charge in [-0.1, -0.05) is 26.8 Å². The van der Waals surface area contributed by atoms with Gasteiger partial charge in [0, 0.05) is 29.6 Å². The number of rotatable bonds is 2. The van der Waals surface area contributed by atoms with Crippen molar-refractivity contribution in [1.82, 2.24) is 14.6 Å². The molecule has 0 amide bonds. The van der Waals surface area contributed by atoms with E-state index in [1.165, 1.54) is 5.56 Å². The smallest absolute Gasteiger partial charge is 0.213 e. The number of hydrogen-bond donors (Lipinski definition) is 0. The molecule has 4 nitrogen and oxygen atoms in total. The molecule has 3 aromatic rings. The molecule has 4 heteroatoms. The zero-order valence-electron chi connectivity index (χ0n) is 12.8. The Labute approximate surface area is 124 Å². The minimum absolute atomic E-state index is 0.0865. The van der Waals surface area contributed by atoms with Crippen molar-refractivity contribution in [2.45, 2.75) is 26.2 Å². The zero-order chi connectivity index (χ0) is 15.0. The second kappa shape index (κ2) is 4.88. The van der Waals surface area contributed by atoms with Crippen molar-refractivity contribution in [3.8, 4) is 17.0 Å². The molecule has 0 fully saturated rings. The maximum atomic E-state index is 5.18. The van der Waals surface area contributed by atoms with Gasteiger partial charge in [-0.05, 0) is 23.1 Å². The summed E-state index contributed by atoms with van der Waals surface area (Å²) in [6.07, 6.45) is 5.74. The molecule has 21 heavy (non-hydrogen) atoms. The van der Waals surface area contributed by atoms with E-state index in [2.05, 4.69) is 43.0 Å². The Morgan fingerprint density at radius 2 is 1.90 bits per heavy atom. The predicted octanol–water partition coefficient (Wildman–Crippen LogP) is 3.70. The maximum absolute atomic E-state index is 5.18. The highest BCUT2D eigenvalue weighted by atomic mass is 16.5. The third-order valence-electron chi connectivity index (χ3n) is 3.60. The first kappa shape index (κ1) is 13.6. The predicted molar refractivity (Wildman–Crippen MR) is 83.7 cm³/mol. The first-order chi connectivity index (χ1) is 9.99. The summed E-state index contributed by atoms with van der Waals surface area (Å²) < 4.78 is 7.11. The average Bonchev–Trinajstić information content (AvgIpc) is 2.90. The molecule has 0 unspecified atom stereocenters. The molecular weight excluding hydrogens is 262 g/mol. The van der Waals surface area contributed by atoms with Crippen LogP contribution in [-0.2, 0) is 5.41 Å². The van der Waals surface area contributed by atoms with E-state index >= 15 is 0 Å². The van der Waals surface area contributed by atoms with Crippen LogP contribution in [-0.4, -0.2) is 21.7 Å². The van der Waals surface area contributed by atoms with Crippen molar-refractivity contribution in [1.29, 1.82) is 0 Å². The van der Waals surface area contributed by atoms with E-state index < -0.39 is 0 Å². The normalized spacial score (nSPS) is 11.8. The summed E-state index contributed by atoms with van der Waals surface area (Å²) in [6.45, 7) is 6.60. The molecule has 3 rings (SSSR count). The van der Waals surface area contributed by atoms with Crippen molar-refractivity contribution in [3.63, 3.8) is 0 Å². The molecule has 0 atom stereocenters. The second-order valence-electron chi connectivity index (χ2n) is 6.14. The summed E-state index contributed by atoms with van der Waals surface area (Å²) >= 11 is 0. The van der Waals surface area contributed by atoms with Gasteiger partial charge in [-0.25, -0.2) is 9.50 Å². The summed E-state index contributed by atoms with van der Waals surface area (Å²) in [5.74, 6) is 0.614. The quantitative estimate of drug-likeness (QED) is 0.719. The molecule has 3 aromatic heterocycles. The van der Waals surface area contributed by atoms with Crippen LogP contribution in [0.25, 0.3) is 16.6 Å². The number of ether oxygens (including phenoxy) is 1. The summed E-state index contributed by atoms with van der Waals surface area (Å²) in [7, 11) is 1.62. The Hall–Kier alpha value is -2.36. The molecule has 0 saturated heterocycles. The molecule has 0 N–H and O–H groups in total. The van der Waals surface area contributed by atoms with Crippen molar-refractivity contribution in [2.24, 2.45) is 0 Å². The highest BCUT2D eigenvalue weighted by molar-refractivity contribution is 5.67. The minimum atomic E-state index is 0.0865. The molecule has 0 radical (unpaired) electrons. The van der Waals surface area contributed by atoms with E-state index in [0.717, 1.165) is 16.6 Å². The lowest BCUT2D eigenvalue weighted by molar-refractivity contribution is 0.398. The van der Waals surface area contributed by atoms with Gasteiger partial charge in [0.25, 0.3) is 0 Å². The molecule has 0 aliphatic carbocycles. The van der Waals surface area contributed by atoms with Crippen molar-refractivity contribution in [2.75, 3.05) is 7.11 Å². The van der Waals surface area contributed by atoms with Crippen LogP contribution in [0.3, 0.4) is 0 Å². The Morgan fingerprint density at radius 1 is 1.10 bits per heavy atom. The van der Waals surface area contributed by atoms with Gasteiger partial charge in [0.15, 0.2) is 0 Å². The highest BCUT2D eigenvalue weighted by Crippen LogP contribution is 2.28. The lowest BCUT2D eigenvalue weighted by Crippen LogP contribution is -2.10. The van der Waals surface area contributed by atoms with Gasteiger partial charge in [0.05, 0.1) is 18.8 Å². The third-order valence-corrected chi connectivity index (χ3v) is 3.60. The Balaban J connectivity index is 2.10. The molecule has 0 aliphatic heterocycles. The SMILES string of the molecule is COc1cc(-c2ccc3c(C(C)(C)C)cnn3c2)ccn1. The molecule has 0 saturated carbocycles. The van der Waals surface area contributed by atoms with Crippen molar-refractivity contribution >= 4 is 5.52 Å². The lowest BCUT2D eigenvalue weighted by atomic mass is 9.88. The van der Waals surface area contributed by atoms with Crippen LogP contribution in [0.4, 0.5) is 0 Å². The van der Waals surface area contributed by atoms with Crippen LogP contribution in [0.2, 0.25) is 0 Å². The number of nitrogens with zero attached hydrogens (tertiary/aromatic N) is 3. The molecule has 0 spiro atoms. The third kappa shape index (κ3) is 2.49. The van der Waals surface area contributed by atoms with Gasteiger partial charge in [0.2, 0.25) is 5.88 Å². The van der Waals surface area contributed by atoms with Gasteiger partial charge in [-0.2, -0.15) is 5.10 Å². The van der Waals surface area contributed by atoms with E-state index in [-0.39, 0.29) is 5.41 Å². The monoisotopic (exact) mass is 281 g/mol. The molecule has 0 aliphatic rings. The Bertz CT molecular complexity index is 784. The van der Waals surface area contributed by atoms with Crippen LogP contribution in [0, 0.1) is 0 Å². The minimum Gasteiger partial charge on any atom is -0.481 e. The fourth-order valence-electron chi connectivity index (χ4n) is 2.43. The van der Waals surface area contributed by atoms with Crippen molar-refractivity contribution in [3.05, 3.63) is 48.4 Å².